The van der Waals surface area contributed by atoms with Crippen LogP contribution < -0.4 is 5.32 Å². The number of nitrogens with one attached hydrogen (secondary N) is 2. The van der Waals surface area contributed by atoms with Gasteiger partial charge in [0.25, 0.3) is 5.91 Å². The molecule has 2 heterocycles. The minimum atomic E-state index is 0.101. The van der Waals surface area contributed by atoms with Gasteiger partial charge in [0.2, 0.25) is 0 Å². The number of amides is 1. The standard InChI is InChI=1S/C14H17N3O/c1-15-11-6-7-17(9-11)14(18)13-8-10-4-2-3-5-12(10)16-13/h2-5,8,11,15-16H,6-7,9H2,1H3/t11-/m1/s1. The lowest BCUT2D eigenvalue weighted by Gasteiger charge is -2.15. The number of hydrogen-bond acceptors (Lipinski definition) is 2. The zero-order chi connectivity index (χ0) is 12.5. The number of aromatic amines is 1. The molecular weight excluding hydrogens is 226 g/mol. The normalized spacial score (nSPS) is 19.6. The lowest BCUT2D eigenvalue weighted by molar-refractivity contribution is 0.0785. The number of benzene rings is 1. The smallest absolute Gasteiger partial charge is 0.270 e. The molecule has 4 heteroatoms. The van der Waals surface area contributed by atoms with E-state index in [1.54, 1.807) is 0 Å². The number of rotatable bonds is 2. The SMILES string of the molecule is CN[C@@H]1CCN(C(=O)c2cc3ccccc3[nH]2)C1. The highest BCUT2D eigenvalue weighted by molar-refractivity contribution is 5.98. The molecule has 4 nitrogen and oxygen atoms in total. The topological polar surface area (TPSA) is 48.1 Å². The van der Waals surface area contributed by atoms with Crippen molar-refractivity contribution >= 4 is 16.8 Å². The molecule has 0 unspecified atom stereocenters. The molecule has 1 saturated heterocycles. The van der Waals surface area contributed by atoms with Crippen molar-refractivity contribution in [3.63, 3.8) is 0 Å². The molecule has 94 valence electrons. The summed E-state index contributed by atoms with van der Waals surface area (Å²) >= 11 is 0. The van der Waals surface area contributed by atoms with E-state index in [1.807, 2.05) is 42.3 Å². The zero-order valence-corrected chi connectivity index (χ0v) is 10.4. The summed E-state index contributed by atoms with van der Waals surface area (Å²) in [5.41, 5.74) is 1.71. The van der Waals surface area contributed by atoms with Gasteiger partial charge in [-0.25, -0.2) is 0 Å². The quantitative estimate of drug-likeness (QED) is 0.841. The van der Waals surface area contributed by atoms with Gasteiger partial charge in [0.15, 0.2) is 0 Å². The molecule has 0 radical (unpaired) electrons. The summed E-state index contributed by atoms with van der Waals surface area (Å²) in [4.78, 5) is 17.4. The predicted molar refractivity (Wildman–Crippen MR) is 71.7 cm³/mol. The van der Waals surface area contributed by atoms with E-state index >= 15 is 0 Å². The lowest BCUT2D eigenvalue weighted by atomic mass is 10.2. The second-order valence-electron chi connectivity index (χ2n) is 4.80. The fraction of sp³-hybridized carbons (Fsp3) is 0.357. The molecule has 0 saturated carbocycles. The van der Waals surface area contributed by atoms with Crippen LogP contribution in [-0.4, -0.2) is 42.0 Å². The molecule has 1 aliphatic heterocycles. The number of likely N-dealkylation sites (N-methyl/N-ethyl adjacent to an activating group) is 1. The van der Waals surface area contributed by atoms with Crippen LogP contribution in [0.4, 0.5) is 0 Å². The van der Waals surface area contributed by atoms with E-state index in [9.17, 15) is 4.79 Å². The van der Waals surface area contributed by atoms with Crippen LogP contribution in [0.3, 0.4) is 0 Å². The molecule has 2 N–H and O–H groups in total. The summed E-state index contributed by atoms with van der Waals surface area (Å²) in [6.45, 7) is 1.63. The van der Waals surface area contributed by atoms with Gasteiger partial charge in [-0.1, -0.05) is 18.2 Å². The Morgan fingerprint density at radius 3 is 3.00 bits per heavy atom. The number of hydrogen-bond donors (Lipinski definition) is 2. The Bertz CT molecular complexity index is 542. The van der Waals surface area contributed by atoms with Crippen LogP contribution in [-0.2, 0) is 0 Å². The fourth-order valence-corrected chi connectivity index (χ4v) is 2.54. The van der Waals surface area contributed by atoms with Crippen molar-refractivity contribution in [1.29, 1.82) is 0 Å². The highest BCUT2D eigenvalue weighted by Gasteiger charge is 2.26. The van der Waals surface area contributed by atoms with Crippen molar-refractivity contribution in [3.8, 4) is 0 Å². The van der Waals surface area contributed by atoms with E-state index in [4.69, 9.17) is 0 Å². The van der Waals surface area contributed by atoms with Crippen LogP contribution in [0.25, 0.3) is 10.9 Å². The molecule has 2 aromatic rings. The fourth-order valence-electron chi connectivity index (χ4n) is 2.54. The van der Waals surface area contributed by atoms with Crippen molar-refractivity contribution in [2.45, 2.75) is 12.5 Å². The van der Waals surface area contributed by atoms with Gasteiger partial charge in [0.1, 0.15) is 5.69 Å². The van der Waals surface area contributed by atoms with Crippen molar-refractivity contribution in [2.75, 3.05) is 20.1 Å². The lowest BCUT2D eigenvalue weighted by Crippen LogP contribution is -2.33. The second kappa shape index (κ2) is 4.46. The molecule has 18 heavy (non-hydrogen) atoms. The number of H-pyrrole nitrogens is 1. The Hall–Kier alpha value is -1.81. The van der Waals surface area contributed by atoms with Crippen molar-refractivity contribution in [1.82, 2.24) is 15.2 Å². The molecule has 0 bridgehead atoms. The maximum atomic E-state index is 12.3. The Balaban J connectivity index is 1.84. The minimum Gasteiger partial charge on any atom is -0.351 e. The van der Waals surface area contributed by atoms with Crippen molar-refractivity contribution < 1.29 is 4.79 Å². The average Bonchev–Trinajstić information content (AvgIpc) is 3.04. The predicted octanol–water partition coefficient (Wildman–Crippen LogP) is 1.60. The summed E-state index contributed by atoms with van der Waals surface area (Å²) in [6, 6.07) is 10.3. The third-order valence-electron chi connectivity index (χ3n) is 3.64. The molecular formula is C14H17N3O. The van der Waals surface area contributed by atoms with Crippen LogP contribution in [0.15, 0.2) is 30.3 Å². The zero-order valence-electron chi connectivity index (χ0n) is 10.4. The summed E-state index contributed by atoms with van der Waals surface area (Å²) in [7, 11) is 1.95. The third-order valence-corrected chi connectivity index (χ3v) is 3.64. The first-order valence-electron chi connectivity index (χ1n) is 6.32. The van der Waals surface area contributed by atoms with Crippen LogP contribution >= 0.6 is 0 Å². The Morgan fingerprint density at radius 1 is 1.44 bits per heavy atom. The monoisotopic (exact) mass is 243 g/mol. The molecule has 3 rings (SSSR count). The van der Waals surface area contributed by atoms with E-state index < -0.39 is 0 Å². The molecule has 1 aromatic heterocycles. The molecule has 1 aromatic carbocycles. The van der Waals surface area contributed by atoms with Gasteiger partial charge in [-0.2, -0.15) is 0 Å². The summed E-state index contributed by atoms with van der Waals surface area (Å²) in [5.74, 6) is 0.101. The Labute approximate surface area is 106 Å². The second-order valence-corrected chi connectivity index (χ2v) is 4.80. The van der Waals surface area contributed by atoms with Crippen LogP contribution in [0, 0.1) is 0 Å². The number of aromatic nitrogens is 1. The summed E-state index contributed by atoms with van der Waals surface area (Å²) in [5, 5.41) is 4.31. The first kappa shape index (κ1) is 11.3. The number of para-hydroxylation sites is 1. The maximum absolute atomic E-state index is 12.3. The molecule has 1 aliphatic rings. The van der Waals surface area contributed by atoms with Crippen molar-refractivity contribution in [2.24, 2.45) is 0 Å². The van der Waals surface area contributed by atoms with E-state index in [-0.39, 0.29) is 5.91 Å². The molecule has 0 aliphatic carbocycles. The van der Waals surface area contributed by atoms with Gasteiger partial charge < -0.3 is 15.2 Å². The number of carbonyl (C=O) groups excluding carboxylic acids is 1. The number of fused-ring (bicyclic) bond motifs is 1. The third kappa shape index (κ3) is 1.88. The molecule has 1 fully saturated rings. The van der Waals surface area contributed by atoms with E-state index in [1.165, 1.54) is 0 Å². The largest absolute Gasteiger partial charge is 0.351 e. The highest BCUT2D eigenvalue weighted by Crippen LogP contribution is 2.18. The number of likely N-dealkylation sites (tertiary alicyclic amines) is 1. The summed E-state index contributed by atoms with van der Waals surface area (Å²) in [6.07, 6.45) is 1.03. The van der Waals surface area contributed by atoms with Gasteiger partial charge >= 0.3 is 0 Å². The molecule has 1 amide bonds. The van der Waals surface area contributed by atoms with Gasteiger partial charge in [-0.05, 0) is 25.6 Å². The van der Waals surface area contributed by atoms with Crippen LogP contribution in [0.5, 0.6) is 0 Å². The number of carbonyl (C=O) groups is 1. The first-order valence-corrected chi connectivity index (χ1v) is 6.32. The minimum absolute atomic E-state index is 0.101. The first-order chi connectivity index (χ1) is 8.78. The average molecular weight is 243 g/mol. The summed E-state index contributed by atoms with van der Waals surface area (Å²) < 4.78 is 0. The highest BCUT2D eigenvalue weighted by atomic mass is 16.2. The van der Waals surface area contributed by atoms with Gasteiger partial charge in [0, 0.05) is 30.0 Å². The van der Waals surface area contributed by atoms with Gasteiger partial charge in [-0.3, -0.25) is 4.79 Å². The molecule has 1 atom stereocenters. The molecule has 0 spiro atoms. The van der Waals surface area contributed by atoms with E-state index in [2.05, 4.69) is 10.3 Å². The Kier molecular flexibility index (Phi) is 2.80. The van der Waals surface area contributed by atoms with Gasteiger partial charge in [-0.15, -0.1) is 0 Å². The van der Waals surface area contributed by atoms with Crippen molar-refractivity contribution in [3.05, 3.63) is 36.0 Å². The number of nitrogens with zero attached hydrogens (tertiary/aromatic N) is 1. The Morgan fingerprint density at radius 2 is 2.28 bits per heavy atom. The van der Waals surface area contributed by atoms with Gasteiger partial charge in [0.05, 0.1) is 0 Å². The van der Waals surface area contributed by atoms with Crippen LogP contribution in [0.2, 0.25) is 0 Å². The van der Waals surface area contributed by atoms with E-state index in [0.717, 1.165) is 30.4 Å². The maximum Gasteiger partial charge on any atom is 0.270 e. The van der Waals surface area contributed by atoms with Crippen LogP contribution in [0.1, 0.15) is 16.9 Å². The van der Waals surface area contributed by atoms with E-state index in [0.29, 0.717) is 11.7 Å².